The van der Waals surface area contributed by atoms with E-state index in [1.54, 1.807) is 18.2 Å². The van der Waals surface area contributed by atoms with Crippen molar-refractivity contribution in [2.45, 2.75) is 31.6 Å². The Morgan fingerprint density at radius 2 is 1.18 bits per heavy atom. The highest BCUT2D eigenvalue weighted by molar-refractivity contribution is 5.91. The zero-order valence-corrected chi connectivity index (χ0v) is 18.3. The molecule has 3 rings (SSSR count). The Balaban J connectivity index is 2.17. The van der Waals surface area contributed by atoms with E-state index in [1.807, 2.05) is 0 Å². The average molecular weight is 482 g/mol. The van der Waals surface area contributed by atoms with Crippen molar-refractivity contribution in [2.24, 2.45) is 0 Å². The summed E-state index contributed by atoms with van der Waals surface area (Å²) in [4.78, 5) is 12.3. The highest BCUT2D eigenvalue weighted by Gasteiger charge is 2.72. The fraction of sp³-hybridized carbons (Fsp3) is 0.240. The molecular weight excluding hydrogens is 462 g/mol. The first-order chi connectivity index (χ1) is 15.8. The molecule has 0 bridgehead atoms. The van der Waals surface area contributed by atoms with Crippen LogP contribution in [0.5, 0.6) is 11.5 Å². The number of esters is 1. The van der Waals surface area contributed by atoms with Gasteiger partial charge in [0.1, 0.15) is 11.5 Å². The Labute approximate surface area is 191 Å². The van der Waals surface area contributed by atoms with Crippen LogP contribution in [0.4, 0.5) is 26.3 Å². The summed E-state index contributed by atoms with van der Waals surface area (Å²) in [5.41, 5.74) is -6.13. The van der Waals surface area contributed by atoms with Crippen molar-refractivity contribution >= 4 is 5.97 Å². The third kappa shape index (κ3) is 4.34. The zero-order chi connectivity index (χ0) is 25.3. The van der Waals surface area contributed by atoms with Crippen molar-refractivity contribution in [3.63, 3.8) is 0 Å². The van der Waals surface area contributed by atoms with Crippen LogP contribution < -0.4 is 9.47 Å². The summed E-state index contributed by atoms with van der Waals surface area (Å²) < 4.78 is 96.5. The van der Waals surface area contributed by atoms with Gasteiger partial charge in [0.25, 0.3) is 0 Å². The van der Waals surface area contributed by atoms with E-state index >= 15 is 0 Å². The molecule has 9 heteroatoms. The number of hydrogen-bond acceptors (Lipinski definition) is 3. The molecule has 0 aliphatic carbocycles. The van der Waals surface area contributed by atoms with Crippen molar-refractivity contribution in [3.05, 3.63) is 94.5 Å². The van der Waals surface area contributed by atoms with Crippen molar-refractivity contribution in [2.75, 3.05) is 7.11 Å². The molecule has 3 aromatic rings. The van der Waals surface area contributed by atoms with E-state index in [2.05, 4.69) is 0 Å². The van der Waals surface area contributed by atoms with Crippen molar-refractivity contribution < 1.29 is 40.6 Å². The van der Waals surface area contributed by atoms with E-state index in [9.17, 15) is 31.1 Å². The normalized spacial score (nSPS) is 12.4. The third-order valence-electron chi connectivity index (χ3n) is 5.50. The molecule has 0 aromatic heterocycles. The van der Waals surface area contributed by atoms with Gasteiger partial charge >= 0.3 is 18.3 Å². The fourth-order valence-electron chi connectivity index (χ4n) is 3.82. The largest absolute Gasteiger partial charge is 0.496 e. The summed E-state index contributed by atoms with van der Waals surface area (Å²) in [6.45, 7) is 2.63. The highest BCUT2D eigenvalue weighted by Crippen LogP contribution is 2.56. The highest BCUT2D eigenvalue weighted by atomic mass is 19.4. The Morgan fingerprint density at radius 1 is 0.706 bits per heavy atom. The second-order valence-electron chi connectivity index (χ2n) is 7.67. The summed E-state index contributed by atoms with van der Waals surface area (Å²) in [5.74, 6) is -0.789. The number of carbonyl (C=O) groups is 1. The van der Waals surface area contributed by atoms with Gasteiger partial charge in [-0.05, 0) is 60.4 Å². The topological polar surface area (TPSA) is 35.5 Å². The second-order valence-corrected chi connectivity index (χ2v) is 7.67. The Kier molecular flexibility index (Phi) is 6.68. The van der Waals surface area contributed by atoms with Gasteiger partial charge < -0.3 is 9.47 Å². The predicted molar refractivity (Wildman–Crippen MR) is 113 cm³/mol. The quantitative estimate of drug-likeness (QED) is 0.225. The van der Waals surface area contributed by atoms with Crippen LogP contribution in [0, 0.1) is 13.8 Å². The molecule has 0 heterocycles. The number of aryl methyl sites for hydroxylation is 2. The van der Waals surface area contributed by atoms with Crippen molar-refractivity contribution in [3.8, 4) is 11.5 Å². The molecule has 0 fully saturated rings. The van der Waals surface area contributed by atoms with E-state index in [-0.39, 0.29) is 28.2 Å². The number of methoxy groups -OCH3 is 1. The molecule has 0 aliphatic rings. The van der Waals surface area contributed by atoms with Gasteiger partial charge in [-0.15, -0.1) is 0 Å². The minimum atomic E-state index is -5.74. The molecule has 0 saturated carbocycles. The van der Waals surface area contributed by atoms with Crippen LogP contribution in [0.2, 0.25) is 0 Å². The van der Waals surface area contributed by atoms with Crippen LogP contribution >= 0.6 is 0 Å². The molecule has 180 valence electrons. The molecule has 34 heavy (non-hydrogen) atoms. The molecule has 0 atom stereocenters. The van der Waals surface area contributed by atoms with E-state index in [4.69, 9.17) is 9.47 Å². The Bertz CT molecular complexity index is 1170. The maximum absolute atomic E-state index is 14.4. The minimum Gasteiger partial charge on any atom is -0.496 e. The van der Waals surface area contributed by atoms with Crippen LogP contribution in [-0.4, -0.2) is 25.4 Å². The predicted octanol–water partition coefficient (Wildman–Crippen LogP) is 6.94. The first-order valence-corrected chi connectivity index (χ1v) is 10.00. The van der Waals surface area contributed by atoms with E-state index in [0.717, 1.165) is 30.3 Å². The fourth-order valence-corrected chi connectivity index (χ4v) is 3.82. The van der Waals surface area contributed by atoms with Crippen LogP contribution in [-0.2, 0) is 5.41 Å². The maximum Gasteiger partial charge on any atom is 0.411 e. The van der Waals surface area contributed by atoms with Crippen molar-refractivity contribution in [1.29, 1.82) is 0 Å². The molecule has 3 nitrogen and oxygen atoms in total. The van der Waals surface area contributed by atoms with Crippen molar-refractivity contribution in [1.82, 2.24) is 0 Å². The second kappa shape index (κ2) is 9.04. The summed E-state index contributed by atoms with van der Waals surface area (Å²) in [7, 11) is 1.27. The van der Waals surface area contributed by atoms with Gasteiger partial charge in [-0.25, -0.2) is 4.79 Å². The number of hydrogen-bond donors (Lipinski definition) is 0. The lowest BCUT2D eigenvalue weighted by Gasteiger charge is -2.38. The van der Waals surface area contributed by atoms with Gasteiger partial charge in [0.2, 0.25) is 5.41 Å². The standard InChI is InChI=1S/C25H20F6O3/c1-15-13-18(9-11-20(15)33-3)23(24(26,27)28,25(29,30)31)19-10-12-21(16(2)14-19)34-22(32)17-7-5-4-6-8-17/h4-14H,1-3H3. The average Bonchev–Trinajstić information content (AvgIpc) is 2.74. The lowest BCUT2D eigenvalue weighted by atomic mass is 9.72. The molecule has 0 saturated heterocycles. The van der Waals surface area contributed by atoms with E-state index in [1.165, 1.54) is 33.1 Å². The van der Waals surface area contributed by atoms with Crippen LogP contribution in [0.1, 0.15) is 32.6 Å². The SMILES string of the molecule is COc1ccc(C(c2ccc(OC(=O)c3ccccc3)c(C)c2)(C(F)(F)F)C(F)(F)F)cc1C. The monoisotopic (exact) mass is 482 g/mol. The van der Waals surface area contributed by atoms with Crippen LogP contribution in [0.3, 0.4) is 0 Å². The molecule has 0 aliphatic heterocycles. The Morgan fingerprint density at radius 3 is 1.59 bits per heavy atom. The summed E-state index contributed by atoms with van der Waals surface area (Å²) in [5, 5.41) is 0. The maximum atomic E-state index is 14.4. The molecule has 0 spiro atoms. The number of carbonyl (C=O) groups excluding carboxylic acids is 1. The first-order valence-electron chi connectivity index (χ1n) is 10.00. The number of halogens is 6. The number of rotatable bonds is 5. The Hall–Kier alpha value is -3.49. The van der Waals surface area contributed by atoms with Gasteiger partial charge in [0, 0.05) is 0 Å². The third-order valence-corrected chi connectivity index (χ3v) is 5.50. The molecule has 0 N–H and O–H groups in total. The van der Waals surface area contributed by atoms with E-state index in [0.29, 0.717) is 6.07 Å². The lowest BCUT2D eigenvalue weighted by molar-refractivity contribution is -0.288. The lowest BCUT2D eigenvalue weighted by Crippen LogP contribution is -2.54. The van der Waals surface area contributed by atoms with E-state index < -0.39 is 34.9 Å². The van der Waals surface area contributed by atoms with Gasteiger partial charge in [-0.3, -0.25) is 0 Å². The number of alkyl halides is 6. The van der Waals surface area contributed by atoms with Gasteiger partial charge in [-0.2, -0.15) is 26.3 Å². The molecular formula is C25H20F6O3. The van der Waals surface area contributed by atoms with Crippen LogP contribution in [0.15, 0.2) is 66.7 Å². The first kappa shape index (κ1) is 25.1. The molecule has 0 amide bonds. The summed E-state index contributed by atoms with van der Waals surface area (Å²) in [6, 6.07) is 12.8. The van der Waals surface area contributed by atoms with Gasteiger partial charge in [-0.1, -0.05) is 42.5 Å². The summed E-state index contributed by atoms with van der Waals surface area (Å²) >= 11 is 0. The smallest absolute Gasteiger partial charge is 0.411 e. The molecule has 3 aromatic carbocycles. The minimum absolute atomic E-state index is 0.0649. The molecule has 0 unspecified atom stereocenters. The van der Waals surface area contributed by atoms with Gasteiger partial charge in [0.15, 0.2) is 0 Å². The summed E-state index contributed by atoms with van der Waals surface area (Å²) in [6.07, 6.45) is -11.5. The zero-order valence-electron chi connectivity index (χ0n) is 18.3. The molecule has 0 radical (unpaired) electrons. The number of ether oxygens (including phenoxy) is 2. The number of benzene rings is 3. The van der Waals surface area contributed by atoms with Gasteiger partial charge in [0.05, 0.1) is 12.7 Å². The van der Waals surface area contributed by atoms with Crippen LogP contribution in [0.25, 0.3) is 0 Å².